The Kier molecular flexibility index (Phi) is 4.69. The summed E-state index contributed by atoms with van der Waals surface area (Å²) >= 11 is 0. The number of nitrogens with zero attached hydrogens (tertiary/aromatic N) is 1. The fourth-order valence-electron chi connectivity index (χ4n) is 3.53. The van der Waals surface area contributed by atoms with Gasteiger partial charge in [-0.2, -0.15) is 0 Å². The molecule has 0 unspecified atom stereocenters. The van der Waals surface area contributed by atoms with Gasteiger partial charge in [-0.05, 0) is 31.2 Å². The minimum absolute atomic E-state index is 0.0327. The van der Waals surface area contributed by atoms with Crippen molar-refractivity contribution in [2.24, 2.45) is 5.41 Å². The van der Waals surface area contributed by atoms with Crippen LogP contribution in [0.4, 0.5) is 0 Å². The van der Waals surface area contributed by atoms with Gasteiger partial charge in [-0.25, -0.2) is 0 Å². The van der Waals surface area contributed by atoms with Gasteiger partial charge < -0.3 is 10.2 Å². The van der Waals surface area contributed by atoms with Crippen LogP contribution in [0.15, 0.2) is 30.3 Å². The van der Waals surface area contributed by atoms with E-state index in [2.05, 4.69) is 5.32 Å². The first-order chi connectivity index (χ1) is 11.1. The first kappa shape index (κ1) is 16.0. The van der Waals surface area contributed by atoms with Gasteiger partial charge in [0.05, 0.1) is 0 Å². The number of carbonyl (C=O) groups is 2. The number of hydrogen-bond acceptors (Lipinski definition) is 2. The molecule has 0 radical (unpaired) electrons. The van der Waals surface area contributed by atoms with E-state index in [1.165, 1.54) is 19.3 Å². The topological polar surface area (TPSA) is 49.4 Å². The van der Waals surface area contributed by atoms with Crippen LogP contribution >= 0.6 is 0 Å². The molecule has 0 spiro atoms. The lowest BCUT2D eigenvalue weighted by Gasteiger charge is -2.27. The highest BCUT2D eigenvalue weighted by Crippen LogP contribution is 2.47. The van der Waals surface area contributed by atoms with Crippen LogP contribution in [-0.4, -0.2) is 29.8 Å². The van der Waals surface area contributed by atoms with Crippen molar-refractivity contribution in [2.45, 2.75) is 57.5 Å². The lowest BCUT2D eigenvalue weighted by Crippen LogP contribution is -2.47. The lowest BCUT2D eigenvalue weighted by molar-refractivity contribution is -0.144. The number of carbonyl (C=O) groups excluding carboxylic acids is 2. The summed E-state index contributed by atoms with van der Waals surface area (Å²) in [5.74, 6) is -0.0797. The number of nitrogens with one attached hydrogen (secondary N) is 1. The highest BCUT2D eigenvalue weighted by molar-refractivity contribution is 6.07. The number of rotatable bonds is 5. The lowest BCUT2D eigenvalue weighted by atomic mass is 9.94. The Hall–Kier alpha value is -1.84. The van der Waals surface area contributed by atoms with Crippen LogP contribution in [0.2, 0.25) is 0 Å². The molecule has 1 N–H and O–H groups in total. The minimum atomic E-state index is -0.791. The van der Waals surface area contributed by atoms with E-state index in [1.54, 1.807) is 11.9 Å². The van der Waals surface area contributed by atoms with Gasteiger partial charge in [0, 0.05) is 19.6 Å². The fourth-order valence-corrected chi connectivity index (χ4v) is 3.53. The van der Waals surface area contributed by atoms with Crippen molar-refractivity contribution in [1.29, 1.82) is 0 Å². The van der Waals surface area contributed by atoms with Crippen molar-refractivity contribution >= 4 is 11.8 Å². The molecule has 0 aliphatic heterocycles. The Bertz CT molecular complexity index is 560. The zero-order valence-electron chi connectivity index (χ0n) is 13.9. The maximum Gasteiger partial charge on any atom is 0.238 e. The average Bonchev–Trinajstić information content (AvgIpc) is 3.38. The summed E-state index contributed by atoms with van der Waals surface area (Å²) in [7, 11) is 1.79. The smallest absolute Gasteiger partial charge is 0.238 e. The third kappa shape index (κ3) is 3.57. The van der Waals surface area contributed by atoms with Gasteiger partial charge in [-0.15, -0.1) is 0 Å². The first-order valence-electron chi connectivity index (χ1n) is 8.72. The standard InChI is InChI=1S/C19H26N2O2/c1-21(14-15-8-4-2-5-9-15)18(23)19(12-13-19)17(22)20-16-10-6-3-7-11-16/h2,4-5,8-9,16H,3,6-7,10-14H2,1H3,(H,20,22). The molecule has 1 aromatic carbocycles. The predicted octanol–water partition coefficient (Wildman–Crippen LogP) is 2.87. The molecule has 0 bridgehead atoms. The van der Waals surface area contributed by atoms with E-state index < -0.39 is 5.41 Å². The summed E-state index contributed by atoms with van der Waals surface area (Å²) in [4.78, 5) is 27.1. The SMILES string of the molecule is CN(Cc1ccccc1)C(=O)C1(C(=O)NC2CCCCC2)CC1. The normalized spacial score (nSPS) is 19.9. The average molecular weight is 314 g/mol. The molecule has 3 rings (SSSR count). The van der Waals surface area contributed by atoms with Gasteiger partial charge in [0.15, 0.2) is 0 Å². The second kappa shape index (κ2) is 6.73. The maximum atomic E-state index is 12.8. The van der Waals surface area contributed by atoms with Crippen LogP contribution in [0.1, 0.15) is 50.5 Å². The quantitative estimate of drug-likeness (QED) is 0.850. The monoisotopic (exact) mass is 314 g/mol. The Labute approximate surface area is 138 Å². The Balaban J connectivity index is 1.60. The van der Waals surface area contributed by atoms with E-state index in [4.69, 9.17) is 0 Å². The Morgan fingerprint density at radius 2 is 1.78 bits per heavy atom. The van der Waals surface area contributed by atoms with Crippen molar-refractivity contribution in [1.82, 2.24) is 10.2 Å². The van der Waals surface area contributed by atoms with Gasteiger partial charge >= 0.3 is 0 Å². The van der Waals surface area contributed by atoms with E-state index in [-0.39, 0.29) is 17.9 Å². The minimum Gasteiger partial charge on any atom is -0.352 e. The number of amides is 2. The zero-order valence-corrected chi connectivity index (χ0v) is 13.9. The van der Waals surface area contributed by atoms with Crippen LogP contribution in [-0.2, 0) is 16.1 Å². The molecule has 0 saturated heterocycles. The third-order valence-electron chi connectivity index (χ3n) is 5.14. The molecule has 2 saturated carbocycles. The summed E-state index contributed by atoms with van der Waals surface area (Å²) in [6.45, 7) is 0.554. The maximum absolute atomic E-state index is 12.8. The third-order valence-corrected chi connectivity index (χ3v) is 5.14. The summed E-state index contributed by atoms with van der Waals surface area (Å²) in [5.41, 5.74) is 0.299. The molecule has 0 heterocycles. The van der Waals surface area contributed by atoms with Crippen molar-refractivity contribution in [3.63, 3.8) is 0 Å². The van der Waals surface area contributed by atoms with Gasteiger partial charge in [0.25, 0.3) is 0 Å². The van der Waals surface area contributed by atoms with E-state index in [0.717, 1.165) is 18.4 Å². The van der Waals surface area contributed by atoms with Crippen molar-refractivity contribution in [3.05, 3.63) is 35.9 Å². The molecule has 4 heteroatoms. The molecular weight excluding hydrogens is 288 g/mol. The van der Waals surface area contributed by atoms with Gasteiger partial charge in [-0.1, -0.05) is 49.6 Å². The first-order valence-corrected chi connectivity index (χ1v) is 8.72. The van der Waals surface area contributed by atoms with Gasteiger partial charge in [-0.3, -0.25) is 9.59 Å². The molecule has 0 atom stereocenters. The molecular formula is C19H26N2O2. The molecule has 4 nitrogen and oxygen atoms in total. The van der Waals surface area contributed by atoms with E-state index in [0.29, 0.717) is 19.4 Å². The van der Waals surface area contributed by atoms with E-state index >= 15 is 0 Å². The largest absolute Gasteiger partial charge is 0.352 e. The molecule has 124 valence electrons. The molecule has 2 amide bonds. The van der Waals surface area contributed by atoms with Gasteiger partial charge in [0.1, 0.15) is 5.41 Å². The predicted molar refractivity (Wildman–Crippen MR) is 89.6 cm³/mol. The van der Waals surface area contributed by atoms with Crippen LogP contribution in [0.5, 0.6) is 0 Å². The summed E-state index contributed by atoms with van der Waals surface area (Å²) in [5, 5.41) is 3.13. The summed E-state index contributed by atoms with van der Waals surface area (Å²) in [6.07, 6.45) is 7.09. The Morgan fingerprint density at radius 1 is 1.13 bits per heavy atom. The van der Waals surface area contributed by atoms with Crippen LogP contribution in [0, 0.1) is 5.41 Å². The zero-order chi connectivity index (χ0) is 16.3. The van der Waals surface area contributed by atoms with Crippen LogP contribution in [0.3, 0.4) is 0 Å². The molecule has 1 aromatic rings. The molecule has 2 fully saturated rings. The second-order valence-electron chi connectivity index (χ2n) is 7.04. The van der Waals surface area contributed by atoms with Crippen molar-refractivity contribution < 1.29 is 9.59 Å². The van der Waals surface area contributed by atoms with Crippen molar-refractivity contribution in [2.75, 3.05) is 7.05 Å². The number of hydrogen-bond donors (Lipinski definition) is 1. The van der Waals surface area contributed by atoms with Gasteiger partial charge in [0.2, 0.25) is 11.8 Å². The fraction of sp³-hybridized carbons (Fsp3) is 0.579. The summed E-state index contributed by atoms with van der Waals surface area (Å²) < 4.78 is 0. The Morgan fingerprint density at radius 3 is 2.39 bits per heavy atom. The molecule has 0 aromatic heterocycles. The van der Waals surface area contributed by atoms with Crippen LogP contribution in [0.25, 0.3) is 0 Å². The second-order valence-corrected chi connectivity index (χ2v) is 7.04. The number of benzene rings is 1. The van der Waals surface area contributed by atoms with Crippen molar-refractivity contribution in [3.8, 4) is 0 Å². The van der Waals surface area contributed by atoms with E-state index in [1.807, 2.05) is 30.3 Å². The molecule has 2 aliphatic carbocycles. The van der Waals surface area contributed by atoms with Crippen LogP contribution < -0.4 is 5.32 Å². The highest BCUT2D eigenvalue weighted by atomic mass is 16.2. The molecule has 2 aliphatic rings. The summed E-state index contributed by atoms with van der Waals surface area (Å²) in [6, 6.07) is 10.2. The molecule has 23 heavy (non-hydrogen) atoms. The van der Waals surface area contributed by atoms with E-state index in [9.17, 15) is 9.59 Å². The highest BCUT2D eigenvalue weighted by Gasteiger charge is 2.57.